The highest BCUT2D eigenvalue weighted by Gasteiger charge is 2.30. The second kappa shape index (κ2) is 7.47. The number of rotatable bonds is 4. The topological polar surface area (TPSA) is 87.7 Å². The molecule has 20 heavy (non-hydrogen) atoms. The fourth-order valence-electron chi connectivity index (χ4n) is 3.09. The normalized spacial score (nSPS) is 30.5. The van der Waals surface area contributed by atoms with Crippen LogP contribution in [0.4, 0.5) is 4.79 Å². The van der Waals surface area contributed by atoms with E-state index in [1.807, 2.05) is 0 Å². The SMILES string of the molecule is O=C(NCC1CCCCC1C(=O)O)NC1CCCOC1. The molecule has 3 atom stereocenters. The molecule has 2 amide bonds. The number of urea groups is 1. The molecular formula is C14H24N2O4. The Labute approximate surface area is 119 Å². The standard InChI is InChI=1S/C14H24N2O4/c17-13(18)12-6-2-1-4-10(12)8-15-14(19)16-11-5-3-7-20-9-11/h10-12H,1-9H2,(H,17,18)(H2,15,16,19). The van der Waals surface area contributed by atoms with E-state index < -0.39 is 5.97 Å². The number of hydrogen-bond acceptors (Lipinski definition) is 3. The molecule has 6 nitrogen and oxygen atoms in total. The van der Waals surface area contributed by atoms with Crippen LogP contribution in [0.15, 0.2) is 0 Å². The summed E-state index contributed by atoms with van der Waals surface area (Å²) in [6, 6.07) is -0.138. The van der Waals surface area contributed by atoms with Crippen molar-refractivity contribution >= 4 is 12.0 Å². The summed E-state index contributed by atoms with van der Waals surface area (Å²) in [4.78, 5) is 23.0. The molecule has 1 saturated heterocycles. The van der Waals surface area contributed by atoms with Gasteiger partial charge in [-0.1, -0.05) is 12.8 Å². The quantitative estimate of drug-likeness (QED) is 0.727. The number of carboxylic acid groups (broad SMARTS) is 1. The maximum absolute atomic E-state index is 11.8. The fraction of sp³-hybridized carbons (Fsp3) is 0.857. The molecule has 0 aromatic heterocycles. The van der Waals surface area contributed by atoms with Crippen molar-refractivity contribution in [3.8, 4) is 0 Å². The number of aliphatic carboxylic acids is 1. The van der Waals surface area contributed by atoms with Crippen LogP contribution in [0, 0.1) is 11.8 Å². The van der Waals surface area contributed by atoms with Gasteiger partial charge in [-0.3, -0.25) is 4.79 Å². The van der Waals surface area contributed by atoms with Crippen LogP contribution in [-0.2, 0) is 9.53 Å². The lowest BCUT2D eigenvalue weighted by Gasteiger charge is -2.29. The number of carbonyl (C=O) groups is 2. The Kier molecular flexibility index (Phi) is 5.64. The summed E-state index contributed by atoms with van der Waals surface area (Å²) >= 11 is 0. The highest BCUT2D eigenvalue weighted by atomic mass is 16.5. The number of carboxylic acids is 1. The molecule has 114 valence electrons. The van der Waals surface area contributed by atoms with Gasteiger partial charge >= 0.3 is 12.0 Å². The molecule has 0 bridgehead atoms. The summed E-state index contributed by atoms with van der Waals surface area (Å²) in [5.41, 5.74) is 0. The van der Waals surface area contributed by atoms with Gasteiger partial charge in [-0.05, 0) is 31.6 Å². The lowest BCUT2D eigenvalue weighted by molar-refractivity contribution is -0.144. The first kappa shape index (κ1) is 15.1. The van der Waals surface area contributed by atoms with Gasteiger partial charge in [0, 0.05) is 13.2 Å². The van der Waals surface area contributed by atoms with Crippen molar-refractivity contribution in [2.75, 3.05) is 19.8 Å². The van der Waals surface area contributed by atoms with E-state index >= 15 is 0 Å². The smallest absolute Gasteiger partial charge is 0.315 e. The number of ether oxygens (including phenoxy) is 1. The molecule has 2 fully saturated rings. The minimum Gasteiger partial charge on any atom is -0.481 e. The highest BCUT2D eigenvalue weighted by Crippen LogP contribution is 2.29. The zero-order chi connectivity index (χ0) is 14.4. The van der Waals surface area contributed by atoms with Crippen molar-refractivity contribution in [3.05, 3.63) is 0 Å². The molecule has 2 aliphatic rings. The van der Waals surface area contributed by atoms with Crippen LogP contribution in [0.3, 0.4) is 0 Å². The third-order valence-electron chi connectivity index (χ3n) is 4.25. The first-order valence-corrected chi connectivity index (χ1v) is 7.51. The summed E-state index contributed by atoms with van der Waals surface area (Å²) in [6.45, 7) is 1.77. The number of carbonyl (C=O) groups excluding carboxylic acids is 1. The van der Waals surface area contributed by atoms with Crippen LogP contribution in [-0.4, -0.2) is 42.9 Å². The van der Waals surface area contributed by atoms with E-state index in [0.717, 1.165) is 45.1 Å². The number of hydrogen-bond donors (Lipinski definition) is 3. The maximum Gasteiger partial charge on any atom is 0.315 e. The average molecular weight is 284 g/mol. The second-order valence-corrected chi connectivity index (χ2v) is 5.76. The summed E-state index contributed by atoms with van der Waals surface area (Å²) in [6.07, 6.45) is 5.53. The molecular weight excluding hydrogens is 260 g/mol. The molecule has 0 aromatic carbocycles. The van der Waals surface area contributed by atoms with Crippen molar-refractivity contribution < 1.29 is 19.4 Å². The van der Waals surface area contributed by atoms with Gasteiger partial charge in [-0.15, -0.1) is 0 Å². The molecule has 2 rings (SSSR count). The van der Waals surface area contributed by atoms with Crippen LogP contribution in [0.2, 0.25) is 0 Å². The van der Waals surface area contributed by atoms with Crippen molar-refractivity contribution in [2.45, 2.75) is 44.6 Å². The van der Waals surface area contributed by atoms with Crippen LogP contribution in [0.5, 0.6) is 0 Å². The maximum atomic E-state index is 11.8. The van der Waals surface area contributed by atoms with Gasteiger partial charge in [0.15, 0.2) is 0 Å². The Morgan fingerprint density at radius 2 is 1.95 bits per heavy atom. The highest BCUT2D eigenvalue weighted by molar-refractivity contribution is 5.74. The average Bonchev–Trinajstić information content (AvgIpc) is 2.46. The van der Waals surface area contributed by atoms with Gasteiger partial charge in [0.05, 0.1) is 18.6 Å². The number of nitrogens with one attached hydrogen (secondary N) is 2. The summed E-state index contributed by atoms with van der Waals surface area (Å²) in [7, 11) is 0. The molecule has 3 unspecified atom stereocenters. The minimum atomic E-state index is -0.738. The van der Waals surface area contributed by atoms with Crippen LogP contribution < -0.4 is 10.6 Å². The molecule has 1 aliphatic carbocycles. The van der Waals surface area contributed by atoms with E-state index in [0.29, 0.717) is 13.2 Å². The van der Waals surface area contributed by atoms with E-state index in [1.54, 1.807) is 0 Å². The van der Waals surface area contributed by atoms with Crippen LogP contribution in [0.25, 0.3) is 0 Å². The van der Waals surface area contributed by atoms with Crippen molar-refractivity contribution in [2.24, 2.45) is 11.8 Å². The monoisotopic (exact) mass is 284 g/mol. The molecule has 0 aromatic rings. The molecule has 3 N–H and O–H groups in total. The lowest BCUT2D eigenvalue weighted by atomic mass is 9.79. The predicted molar refractivity (Wildman–Crippen MR) is 73.5 cm³/mol. The third-order valence-corrected chi connectivity index (χ3v) is 4.25. The molecule has 0 radical (unpaired) electrons. The third kappa shape index (κ3) is 4.37. The van der Waals surface area contributed by atoms with Crippen LogP contribution >= 0.6 is 0 Å². The largest absolute Gasteiger partial charge is 0.481 e. The van der Waals surface area contributed by atoms with Gasteiger partial charge < -0.3 is 20.5 Å². The van der Waals surface area contributed by atoms with E-state index in [9.17, 15) is 14.7 Å². The fourth-order valence-corrected chi connectivity index (χ4v) is 3.09. The summed E-state index contributed by atoms with van der Waals surface area (Å²) < 4.78 is 5.31. The van der Waals surface area contributed by atoms with Crippen LogP contribution in [0.1, 0.15) is 38.5 Å². The van der Waals surface area contributed by atoms with Gasteiger partial charge in [0.2, 0.25) is 0 Å². The Morgan fingerprint density at radius 1 is 1.15 bits per heavy atom. The van der Waals surface area contributed by atoms with Gasteiger partial charge in [-0.25, -0.2) is 4.79 Å². The molecule has 1 saturated carbocycles. The predicted octanol–water partition coefficient (Wildman–Crippen LogP) is 1.36. The summed E-state index contributed by atoms with van der Waals surface area (Å²) in [5, 5.41) is 14.9. The number of amides is 2. The van der Waals surface area contributed by atoms with Crippen molar-refractivity contribution in [1.29, 1.82) is 0 Å². The molecule has 0 spiro atoms. The van der Waals surface area contributed by atoms with Gasteiger partial charge in [-0.2, -0.15) is 0 Å². The van der Waals surface area contributed by atoms with E-state index in [1.165, 1.54) is 0 Å². The van der Waals surface area contributed by atoms with Gasteiger partial charge in [0.1, 0.15) is 0 Å². The lowest BCUT2D eigenvalue weighted by Crippen LogP contribution is -2.47. The zero-order valence-corrected chi connectivity index (χ0v) is 11.8. The minimum absolute atomic E-state index is 0.0506. The first-order chi connectivity index (χ1) is 9.66. The molecule has 1 aliphatic heterocycles. The summed E-state index contributed by atoms with van der Waals surface area (Å²) in [5.74, 6) is -1.01. The second-order valence-electron chi connectivity index (χ2n) is 5.76. The van der Waals surface area contributed by atoms with Gasteiger partial charge in [0.25, 0.3) is 0 Å². The van der Waals surface area contributed by atoms with Crippen molar-refractivity contribution in [1.82, 2.24) is 10.6 Å². The first-order valence-electron chi connectivity index (χ1n) is 7.51. The Balaban J connectivity index is 1.72. The Hall–Kier alpha value is -1.30. The van der Waals surface area contributed by atoms with E-state index in [2.05, 4.69) is 10.6 Å². The molecule has 1 heterocycles. The van der Waals surface area contributed by atoms with Crippen molar-refractivity contribution in [3.63, 3.8) is 0 Å². The Morgan fingerprint density at radius 3 is 2.65 bits per heavy atom. The molecule has 6 heteroatoms. The zero-order valence-electron chi connectivity index (χ0n) is 11.8. The van der Waals surface area contributed by atoms with E-state index in [-0.39, 0.29) is 23.9 Å². The Bertz CT molecular complexity index is 342. The van der Waals surface area contributed by atoms with E-state index in [4.69, 9.17) is 4.74 Å².